The summed E-state index contributed by atoms with van der Waals surface area (Å²) in [6.07, 6.45) is -0.114. The maximum atomic E-state index is 13.1. The SMILES string of the molecule is NC(=O)C1CC(C(=O)NNC(=O)c2cc(Cl)ccc2O)=NN1c1ccc(F)cc1. The standard InChI is InChI=1S/C18H15ClFN5O4/c19-9-1-6-15(26)12(7-9)17(28)22-23-18(29)13-8-14(16(21)27)25(24-13)11-4-2-10(20)3-5-11/h1-7,14,26H,8H2,(H2,21,27)(H,22,28)(H,23,29). The topological polar surface area (TPSA) is 137 Å². The fraction of sp³-hybridized carbons (Fsp3) is 0.111. The average Bonchev–Trinajstić information content (AvgIpc) is 3.14. The van der Waals surface area contributed by atoms with Crippen LogP contribution in [0.2, 0.25) is 5.02 Å². The van der Waals surface area contributed by atoms with Gasteiger partial charge >= 0.3 is 0 Å². The minimum absolute atomic E-state index is 0.0752. The Morgan fingerprint density at radius 3 is 2.45 bits per heavy atom. The van der Waals surface area contributed by atoms with Gasteiger partial charge in [-0.15, -0.1) is 0 Å². The summed E-state index contributed by atoms with van der Waals surface area (Å²) in [7, 11) is 0. The molecule has 0 saturated carbocycles. The third-order valence-corrected chi connectivity index (χ3v) is 4.32. The van der Waals surface area contributed by atoms with Crippen LogP contribution >= 0.6 is 11.6 Å². The van der Waals surface area contributed by atoms with Gasteiger partial charge < -0.3 is 10.8 Å². The van der Waals surface area contributed by atoms with Gasteiger partial charge in [-0.2, -0.15) is 5.10 Å². The van der Waals surface area contributed by atoms with E-state index in [0.29, 0.717) is 5.69 Å². The van der Waals surface area contributed by atoms with Gasteiger partial charge in [0, 0.05) is 11.4 Å². The van der Waals surface area contributed by atoms with Gasteiger partial charge in [0.1, 0.15) is 23.3 Å². The van der Waals surface area contributed by atoms with E-state index >= 15 is 0 Å². The third kappa shape index (κ3) is 4.43. The summed E-state index contributed by atoms with van der Waals surface area (Å²) in [5.74, 6) is -3.11. The Balaban J connectivity index is 1.72. The highest BCUT2D eigenvalue weighted by Crippen LogP contribution is 2.25. The number of primary amides is 1. The van der Waals surface area contributed by atoms with Gasteiger partial charge in [-0.05, 0) is 42.5 Å². The Bertz CT molecular complexity index is 1010. The van der Waals surface area contributed by atoms with Crippen LogP contribution in [0, 0.1) is 5.82 Å². The first kappa shape index (κ1) is 20.1. The highest BCUT2D eigenvalue weighted by molar-refractivity contribution is 6.40. The maximum Gasteiger partial charge on any atom is 0.285 e. The van der Waals surface area contributed by atoms with Crippen molar-refractivity contribution in [3.05, 3.63) is 58.9 Å². The number of hydrazine groups is 1. The molecule has 1 heterocycles. The number of halogens is 2. The molecule has 29 heavy (non-hydrogen) atoms. The lowest BCUT2D eigenvalue weighted by Gasteiger charge is -2.20. The van der Waals surface area contributed by atoms with E-state index in [-0.39, 0.29) is 28.5 Å². The van der Waals surface area contributed by atoms with Gasteiger partial charge in [0.25, 0.3) is 11.8 Å². The number of carbonyl (C=O) groups excluding carboxylic acids is 3. The second-order valence-corrected chi connectivity index (χ2v) is 6.50. The van der Waals surface area contributed by atoms with Crippen LogP contribution in [0.3, 0.4) is 0 Å². The zero-order valence-corrected chi connectivity index (χ0v) is 15.5. The van der Waals surface area contributed by atoms with Gasteiger partial charge in [0.2, 0.25) is 5.91 Å². The second kappa shape index (κ2) is 8.15. The van der Waals surface area contributed by atoms with Crippen molar-refractivity contribution >= 4 is 40.7 Å². The first-order chi connectivity index (χ1) is 13.8. The zero-order chi connectivity index (χ0) is 21.1. The number of hydrogen-bond acceptors (Lipinski definition) is 6. The van der Waals surface area contributed by atoms with E-state index in [1.165, 1.54) is 47.5 Å². The molecule has 3 rings (SSSR count). The summed E-state index contributed by atoms with van der Waals surface area (Å²) in [6.45, 7) is 0. The number of phenols is 1. The minimum Gasteiger partial charge on any atom is -0.507 e. The Kier molecular flexibility index (Phi) is 5.64. The number of rotatable bonds is 4. The largest absolute Gasteiger partial charge is 0.507 e. The van der Waals surface area contributed by atoms with Crippen LogP contribution in [0.5, 0.6) is 5.75 Å². The fourth-order valence-corrected chi connectivity index (χ4v) is 2.82. The average molecular weight is 420 g/mol. The van der Waals surface area contributed by atoms with E-state index < -0.39 is 29.6 Å². The molecule has 150 valence electrons. The number of benzene rings is 2. The molecule has 11 heteroatoms. The third-order valence-electron chi connectivity index (χ3n) is 4.08. The molecule has 0 saturated heterocycles. The lowest BCUT2D eigenvalue weighted by atomic mass is 10.1. The summed E-state index contributed by atoms with van der Waals surface area (Å²) < 4.78 is 13.1. The normalized spacial score (nSPS) is 15.6. The number of carbonyl (C=O) groups is 3. The lowest BCUT2D eigenvalue weighted by molar-refractivity contribution is -0.119. The number of anilines is 1. The Labute approximate surface area is 168 Å². The highest BCUT2D eigenvalue weighted by atomic mass is 35.5. The van der Waals surface area contributed by atoms with Crippen LogP contribution in [0.25, 0.3) is 0 Å². The van der Waals surface area contributed by atoms with Gasteiger partial charge in [-0.3, -0.25) is 30.2 Å². The number of hydrazone groups is 1. The van der Waals surface area contributed by atoms with Crippen LogP contribution in [0.1, 0.15) is 16.8 Å². The van der Waals surface area contributed by atoms with E-state index in [9.17, 15) is 23.9 Å². The molecule has 2 aromatic carbocycles. The Morgan fingerprint density at radius 1 is 1.14 bits per heavy atom. The van der Waals surface area contributed by atoms with Gasteiger partial charge in [-0.1, -0.05) is 11.6 Å². The van der Waals surface area contributed by atoms with Crippen molar-refractivity contribution in [1.29, 1.82) is 0 Å². The van der Waals surface area contributed by atoms with Crippen molar-refractivity contribution in [3.8, 4) is 5.75 Å². The van der Waals surface area contributed by atoms with Crippen molar-refractivity contribution in [2.75, 3.05) is 5.01 Å². The second-order valence-electron chi connectivity index (χ2n) is 6.06. The number of phenolic OH excluding ortho intramolecular Hbond substituents is 1. The highest BCUT2D eigenvalue weighted by Gasteiger charge is 2.35. The van der Waals surface area contributed by atoms with Crippen LogP contribution < -0.4 is 21.6 Å². The summed E-state index contributed by atoms with van der Waals surface area (Å²) in [4.78, 5) is 36.2. The van der Waals surface area contributed by atoms with Crippen molar-refractivity contribution in [1.82, 2.24) is 10.9 Å². The van der Waals surface area contributed by atoms with Gasteiger partial charge in [-0.25, -0.2) is 4.39 Å². The Hall–Kier alpha value is -3.66. The lowest BCUT2D eigenvalue weighted by Crippen LogP contribution is -2.45. The van der Waals surface area contributed by atoms with Crippen LogP contribution in [0.15, 0.2) is 47.6 Å². The van der Waals surface area contributed by atoms with Crippen molar-refractivity contribution in [2.45, 2.75) is 12.5 Å². The quantitative estimate of drug-likeness (QED) is 0.549. The molecule has 0 aliphatic carbocycles. The number of amides is 3. The molecule has 5 N–H and O–H groups in total. The molecule has 0 bridgehead atoms. The molecule has 1 aliphatic rings. The van der Waals surface area contributed by atoms with Crippen molar-refractivity contribution in [2.24, 2.45) is 10.8 Å². The van der Waals surface area contributed by atoms with E-state index in [1.807, 2.05) is 0 Å². The van der Waals surface area contributed by atoms with Crippen molar-refractivity contribution in [3.63, 3.8) is 0 Å². The number of nitrogens with one attached hydrogen (secondary N) is 2. The van der Waals surface area contributed by atoms with Gasteiger partial charge in [0.15, 0.2) is 0 Å². The molecule has 2 aromatic rings. The molecule has 0 fully saturated rings. The molecule has 3 amide bonds. The molecule has 1 atom stereocenters. The first-order valence-corrected chi connectivity index (χ1v) is 8.65. The van der Waals surface area contributed by atoms with Crippen LogP contribution in [-0.4, -0.2) is 34.6 Å². The van der Waals surface area contributed by atoms with E-state index in [1.54, 1.807) is 0 Å². The molecular weight excluding hydrogens is 405 g/mol. The van der Waals surface area contributed by atoms with Crippen molar-refractivity contribution < 1.29 is 23.9 Å². The smallest absolute Gasteiger partial charge is 0.285 e. The summed E-state index contributed by atoms with van der Waals surface area (Å²) in [5.41, 5.74) is 9.80. The number of nitrogens with zero attached hydrogens (tertiary/aromatic N) is 2. The van der Waals surface area contributed by atoms with E-state index in [4.69, 9.17) is 17.3 Å². The predicted octanol–water partition coefficient (Wildman–Crippen LogP) is 1.07. The molecule has 9 nitrogen and oxygen atoms in total. The van der Waals surface area contributed by atoms with Gasteiger partial charge in [0.05, 0.1) is 11.3 Å². The molecule has 1 unspecified atom stereocenters. The van der Waals surface area contributed by atoms with E-state index in [2.05, 4.69) is 16.0 Å². The molecule has 0 radical (unpaired) electrons. The first-order valence-electron chi connectivity index (χ1n) is 8.27. The summed E-state index contributed by atoms with van der Waals surface area (Å²) in [5, 5.41) is 15.2. The van der Waals surface area contributed by atoms with Crippen LogP contribution in [-0.2, 0) is 9.59 Å². The number of aromatic hydroxyl groups is 1. The number of nitrogens with two attached hydrogens (primary N) is 1. The molecule has 0 aromatic heterocycles. The summed E-state index contributed by atoms with van der Waals surface area (Å²) in [6, 6.07) is 8.04. The Morgan fingerprint density at radius 2 is 1.79 bits per heavy atom. The monoisotopic (exact) mass is 419 g/mol. The van der Waals surface area contributed by atoms with E-state index in [0.717, 1.165) is 0 Å². The fourth-order valence-electron chi connectivity index (χ4n) is 2.64. The maximum absolute atomic E-state index is 13.1. The summed E-state index contributed by atoms with van der Waals surface area (Å²) >= 11 is 5.79. The molecular formula is C18H15ClFN5O4. The van der Waals surface area contributed by atoms with Crippen LogP contribution in [0.4, 0.5) is 10.1 Å². The number of hydrogen-bond donors (Lipinski definition) is 4. The predicted molar refractivity (Wildman–Crippen MR) is 103 cm³/mol. The zero-order valence-electron chi connectivity index (χ0n) is 14.7. The molecule has 0 spiro atoms. The minimum atomic E-state index is -0.950. The molecule has 1 aliphatic heterocycles.